The van der Waals surface area contributed by atoms with Crippen molar-refractivity contribution in [2.24, 2.45) is 11.3 Å². The van der Waals surface area contributed by atoms with Gasteiger partial charge in [-0.2, -0.15) is 11.8 Å². The summed E-state index contributed by atoms with van der Waals surface area (Å²) in [6.07, 6.45) is 0. The number of carbonyl (C=O) groups is 1. The van der Waals surface area contributed by atoms with Crippen LogP contribution in [-0.4, -0.2) is 24.1 Å². The molecule has 2 nitrogen and oxygen atoms in total. The average molecular weight is 218 g/mol. The number of thioether (sulfide) groups is 1. The molecular formula is C11H22O2S. The van der Waals surface area contributed by atoms with Crippen LogP contribution in [0.3, 0.4) is 0 Å². The Balaban J connectivity index is 3.74. The van der Waals surface area contributed by atoms with E-state index in [9.17, 15) is 4.79 Å². The smallest absolute Gasteiger partial charge is 0.309 e. The Labute approximate surface area is 91.8 Å². The molecule has 0 heterocycles. The van der Waals surface area contributed by atoms with Gasteiger partial charge in [-0.15, -0.1) is 0 Å². The minimum absolute atomic E-state index is 0.00498. The lowest BCUT2D eigenvalue weighted by atomic mass is 9.82. The first-order valence-corrected chi connectivity index (χ1v) is 6.29. The third kappa shape index (κ3) is 5.53. The van der Waals surface area contributed by atoms with Gasteiger partial charge >= 0.3 is 5.97 Å². The predicted molar refractivity (Wildman–Crippen MR) is 62.6 cm³/mol. The van der Waals surface area contributed by atoms with Crippen LogP contribution in [0.25, 0.3) is 0 Å². The van der Waals surface area contributed by atoms with E-state index in [-0.39, 0.29) is 17.3 Å². The molecule has 0 fully saturated rings. The van der Waals surface area contributed by atoms with Gasteiger partial charge in [0.25, 0.3) is 0 Å². The maximum atomic E-state index is 11.5. The van der Waals surface area contributed by atoms with Gasteiger partial charge in [0, 0.05) is 5.75 Å². The van der Waals surface area contributed by atoms with E-state index in [2.05, 4.69) is 27.7 Å². The monoisotopic (exact) mass is 218 g/mol. The largest absolute Gasteiger partial charge is 0.465 e. The number of hydrogen-bond acceptors (Lipinski definition) is 3. The summed E-state index contributed by atoms with van der Waals surface area (Å²) in [4.78, 5) is 11.5. The third-order valence-electron chi connectivity index (χ3n) is 2.33. The van der Waals surface area contributed by atoms with Crippen molar-refractivity contribution in [3.63, 3.8) is 0 Å². The van der Waals surface area contributed by atoms with Crippen LogP contribution < -0.4 is 0 Å². The second-order valence-corrected chi connectivity index (χ2v) is 5.85. The molecule has 0 saturated carbocycles. The summed E-state index contributed by atoms with van der Waals surface area (Å²) in [6.45, 7) is 10.7. The van der Waals surface area contributed by atoms with Gasteiger partial charge in [-0.25, -0.2) is 0 Å². The van der Waals surface area contributed by atoms with Crippen LogP contribution in [0.15, 0.2) is 0 Å². The summed E-state index contributed by atoms with van der Waals surface area (Å²) in [5, 5.41) is 0. The molecule has 0 bridgehead atoms. The quantitative estimate of drug-likeness (QED) is 0.524. The highest BCUT2D eigenvalue weighted by Gasteiger charge is 2.27. The van der Waals surface area contributed by atoms with Gasteiger partial charge < -0.3 is 4.74 Å². The summed E-state index contributed by atoms with van der Waals surface area (Å²) in [6, 6.07) is 0. The van der Waals surface area contributed by atoms with E-state index in [0.717, 1.165) is 11.5 Å². The van der Waals surface area contributed by atoms with Crippen molar-refractivity contribution in [2.75, 3.05) is 18.1 Å². The minimum atomic E-state index is -0.0748. The normalized spacial score (nSPS) is 13.8. The van der Waals surface area contributed by atoms with Gasteiger partial charge in [-0.05, 0) is 11.2 Å². The lowest BCUT2D eigenvalue weighted by Crippen LogP contribution is -2.28. The zero-order chi connectivity index (χ0) is 11.2. The Bertz CT molecular complexity index is 173. The van der Waals surface area contributed by atoms with Crippen LogP contribution in [-0.2, 0) is 9.53 Å². The molecule has 0 radical (unpaired) electrons. The van der Waals surface area contributed by atoms with Crippen LogP contribution in [0.2, 0.25) is 0 Å². The Kier molecular flexibility index (Phi) is 6.25. The summed E-state index contributed by atoms with van der Waals surface area (Å²) < 4.78 is 5.17. The fraction of sp³-hybridized carbons (Fsp3) is 0.909. The van der Waals surface area contributed by atoms with Crippen molar-refractivity contribution in [2.45, 2.75) is 34.6 Å². The molecule has 0 saturated heterocycles. The Morgan fingerprint density at radius 2 is 2.00 bits per heavy atom. The zero-order valence-electron chi connectivity index (χ0n) is 9.92. The van der Waals surface area contributed by atoms with Crippen molar-refractivity contribution in [3.05, 3.63) is 0 Å². The van der Waals surface area contributed by atoms with E-state index in [1.807, 2.05) is 6.92 Å². The number of rotatable bonds is 5. The lowest BCUT2D eigenvalue weighted by Gasteiger charge is -2.25. The maximum Gasteiger partial charge on any atom is 0.309 e. The van der Waals surface area contributed by atoms with Crippen molar-refractivity contribution >= 4 is 17.7 Å². The second-order valence-electron chi connectivity index (χ2n) is 4.45. The average Bonchev–Trinajstić information content (AvgIpc) is 2.09. The summed E-state index contributed by atoms with van der Waals surface area (Å²) >= 11 is 1.79. The zero-order valence-corrected chi connectivity index (χ0v) is 10.7. The molecule has 3 heteroatoms. The number of ether oxygens (including phenoxy) is 1. The highest BCUT2D eigenvalue weighted by Crippen LogP contribution is 2.26. The van der Waals surface area contributed by atoms with Crippen LogP contribution in [0.1, 0.15) is 34.6 Å². The third-order valence-corrected chi connectivity index (χ3v) is 3.19. The molecule has 1 unspecified atom stereocenters. The number of hydrogen-bond donors (Lipinski definition) is 0. The first kappa shape index (κ1) is 13.8. The van der Waals surface area contributed by atoms with E-state index in [1.165, 1.54) is 0 Å². The van der Waals surface area contributed by atoms with Gasteiger partial charge in [0.1, 0.15) is 6.61 Å². The first-order chi connectivity index (χ1) is 6.39. The van der Waals surface area contributed by atoms with Gasteiger partial charge in [0.2, 0.25) is 0 Å². The molecule has 0 amide bonds. The number of esters is 1. The van der Waals surface area contributed by atoms with Gasteiger partial charge in [-0.1, -0.05) is 34.6 Å². The van der Waals surface area contributed by atoms with Gasteiger partial charge in [-0.3, -0.25) is 4.79 Å². The van der Waals surface area contributed by atoms with Crippen LogP contribution in [0, 0.1) is 11.3 Å². The van der Waals surface area contributed by atoms with Crippen LogP contribution >= 0.6 is 11.8 Å². The minimum Gasteiger partial charge on any atom is -0.465 e. The van der Waals surface area contributed by atoms with E-state index in [4.69, 9.17) is 4.74 Å². The molecule has 0 rings (SSSR count). The highest BCUT2D eigenvalue weighted by atomic mass is 32.2. The highest BCUT2D eigenvalue weighted by molar-refractivity contribution is 7.99. The summed E-state index contributed by atoms with van der Waals surface area (Å²) in [5.74, 6) is 1.87. The van der Waals surface area contributed by atoms with Gasteiger partial charge in [0.05, 0.1) is 5.92 Å². The molecule has 0 spiro atoms. The van der Waals surface area contributed by atoms with Crippen molar-refractivity contribution in [3.8, 4) is 0 Å². The van der Waals surface area contributed by atoms with Crippen molar-refractivity contribution in [1.29, 1.82) is 0 Å². The van der Waals surface area contributed by atoms with E-state index < -0.39 is 0 Å². The Morgan fingerprint density at radius 1 is 1.43 bits per heavy atom. The van der Waals surface area contributed by atoms with E-state index >= 15 is 0 Å². The molecule has 1 atom stereocenters. The fourth-order valence-corrected chi connectivity index (χ4v) is 1.31. The Morgan fingerprint density at radius 3 is 2.43 bits per heavy atom. The molecule has 0 aromatic heterocycles. The number of carbonyl (C=O) groups excluding carboxylic acids is 1. The predicted octanol–water partition coefficient (Wildman–Crippen LogP) is 2.96. The van der Waals surface area contributed by atoms with Crippen molar-refractivity contribution < 1.29 is 9.53 Å². The molecule has 0 aliphatic heterocycles. The fourth-order valence-electron chi connectivity index (χ4n) is 0.824. The van der Waals surface area contributed by atoms with Gasteiger partial charge in [0.15, 0.2) is 0 Å². The van der Waals surface area contributed by atoms with Crippen LogP contribution in [0.4, 0.5) is 0 Å². The SMILES string of the molecule is CCSCCOC(=O)C(C)C(C)(C)C. The maximum absolute atomic E-state index is 11.5. The molecule has 0 aromatic rings. The summed E-state index contributed by atoms with van der Waals surface area (Å²) in [7, 11) is 0. The standard InChI is InChI=1S/C11H22O2S/c1-6-14-8-7-13-10(12)9(2)11(3,4)5/h9H,6-8H2,1-5H3. The lowest BCUT2D eigenvalue weighted by molar-refractivity contribution is -0.150. The summed E-state index contributed by atoms with van der Waals surface area (Å²) in [5.41, 5.74) is -0.00498. The molecule has 0 N–H and O–H groups in total. The van der Waals surface area contributed by atoms with Crippen LogP contribution in [0.5, 0.6) is 0 Å². The molecular weight excluding hydrogens is 196 g/mol. The van der Waals surface area contributed by atoms with E-state index in [0.29, 0.717) is 6.61 Å². The molecule has 84 valence electrons. The molecule has 0 aromatic carbocycles. The molecule has 14 heavy (non-hydrogen) atoms. The van der Waals surface area contributed by atoms with Crippen molar-refractivity contribution in [1.82, 2.24) is 0 Å². The van der Waals surface area contributed by atoms with E-state index in [1.54, 1.807) is 11.8 Å². The Hall–Kier alpha value is -0.180. The first-order valence-electron chi connectivity index (χ1n) is 5.14. The molecule has 0 aliphatic rings. The topological polar surface area (TPSA) is 26.3 Å². The molecule has 0 aliphatic carbocycles. The second kappa shape index (κ2) is 6.33.